The van der Waals surface area contributed by atoms with Gasteiger partial charge in [-0.25, -0.2) is 8.42 Å². The van der Waals surface area contributed by atoms with Gasteiger partial charge in [0.05, 0.1) is 4.90 Å². The standard InChI is InChI=1S/C23H28N2O5S/c26-22(24-17-20-7-3-1-4-8-20)18-30-23(27)14-11-19-9-12-21(13-10-19)31(28,29)25-15-5-2-6-16-25/h1,3-4,7-10,12-13H,2,5-6,11,14-18H2,(H,24,26). The van der Waals surface area contributed by atoms with E-state index in [1.807, 2.05) is 30.3 Å². The molecular weight excluding hydrogens is 416 g/mol. The van der Waals surface area contributed by atoms with E-state index >= 15 is 0 Å². The lowest BCUT2D eigenvalue weighted by atomic mass is 10.1. The average Bonchev–Trinajstić information content (AvgIpc) is 2.81. The molecular formula is C23H28N2O5S. The molecule has 0 spiro atoms. The zero-order valence-corrected chi connectivity index (χ0v) is 18.3. The van der Waals surface area contributed by atoms with Crippen molar-refractivity contribution in [1.82, 2.24) is 9.62 Å². The Labute approximate surface area is 183 Å². The Morgan fingerprint density at radius 3 is 2.26 bits per heavy atom. The van der Waals surface area contributed by atoms with Crippen LogP contribution in [0.5, 0.6) is 0 Å². The van der Waals surface area contributed by atoms with Gasteiger partial charge in [0.15, 0.2) is 6.61 Å². The van der Waals surface area contributed by atoms with Crippen LogP contribution in [-0.2, 0) is 37.3 Å². The van der Waals surface area contributed by atoms with Gasteiger partial charge in [0.2, 0.25) is 10.0 Å². The van der Waals surface area contributed by atoms with E-state index in [1.165, 1.54) is 4.31 Å². The summed E-state index contributed by atoms with van der Waals surface area (Å²) in [6.07, 6.45) is 3.38. The molecule has 166 valence electrons. The topological polar surface area (TPSA) is 92.8 Å². The predicted octanol–water partition coefficient (Wildman–Crippen LogP) is 2.65. The number of rotatable bonds is 9. The minimum absolute atomic E-state index is 0.115. The molecule has 0 bridgehead atoms. The van der Waals surface area contributed by atoms with Crippen molar-refractivity contribution in [1.29, 1.82) is 0 Å². The monoisotopic (exact) mass is 444 g/mol. The lowest BCUT2D eigenvalue weighted by molar-refractivity contribution is -0.148. The molecule has 0 aromatic heterocycles. The van der Waals surface area contributed by atoms with Gasteiger partial charge in [-0.15, -0.1) is 0 Å². The van der Waals surface area contributed by atoms with Crippen LogP contribution >= 0.6 is 0 Å². The number of esters is 1. The second-order valence-electron chi connectivity index (χ2n) is 7.53. The molecule has 1 N–H and O–H groups in total. The van der Waals surface area contributed by atoms with Crippen LogP contribution < -0.4 is 5.32 Å². The molecule has 7 nitrogen and oxygen atoms in total. The van der Waals surface area contributed by atoms with Crippen LogP contribution in [0.2, 0.25) is 0 Å². The SMILES string of the molecule is O=C(COC(=O)CCc1ccc(S(=O)(=O)N2CCCCC2)cc1)NCc1ccccc1. The maximum Gasteiger partial charge on any atom is 0.306 e. The molecule has 1 aliphatic heterocycles. The molecule has 2 aromatic rings. The van der Waals surface area contributed by atoms with Gasteiger partial charge in [-0.3, -0.25) is 9.59 Å². The van der Waals surface area contributed by atoms with Crippen LogP contribution in [0.15, 0.2) is 59.5 Å². The molecule has 0 unspecified atom stereocenters. The number of amides is 1. The third-order valence-corrected chi connectivity index (χ3v) is 7.10. The second kappa shape index (κ2) is 11.1. The van der Waals surface area contributed by atoms with Crippen LogP contribution in [-0.4, -0.2) is 44.3 Å². The number of nitrogens with zero attached hydrogens (tertiary/aromatic N) is 1. The van der Waals surface area contributed by atoms with Crippen molar-refractivity contribution >= 4 is 21.9 Å². The fraction of sp³-hybridized carbons (Fsp3) is 0.391. The van der Waals surface area contributed by atoms with E-state index in [9.17, 15) is 18.0 Å². The summed E-state index contributed by atoms with van der Waals surface area (Å²) in [4.78, 5) is 24.0. The van der Waals surface area contributed by atoms with Crippen molar-refractivity contribution in [2.45, 2.75) is 43.5 Å². The molecule has 0 atom stereocenters. The zero-order chi connectivity index (χ0) is 22.1. The number of hydrogen-bond donors (Lipinski definition) is 1. The molecule has 31 heavy (non-hydrogen) atoms. The summed E-state index contributed by atoms with van der Waals surface area (Å²) >= 11 is 0. The Kier molecular flexibility index (Phi) is 8.20. The first-order valence-corrected chi connectivity index (χ1v) is 11.9. The quantitative estimate of drug-likeness (QED) is 0.600. The molecule has 1 saturated heterocycles. The number of piperidine rings is 1. The molecule has 2 aromatic carbocycles. The normalized spacial score (nSPS) is 14.7. The van der Waals surface area contributed by atoms with Crippen LogP contribution in [0.4, 0.5) is 0 Å². The molecule has 1 aliphatic rings. The van der Waals surface area contributed by atoms with Crippen molar-refractivity contribution in [3.8, 4) is 0 Å². The number of ether oxygens (including phenoxy) is 1. The summed E-state index contributed by atoms with van der Waals surface area (Å²) in [6.45, 7) is 1.19. The van der Waals surface area contributed by atoms with Crippen molar-refractivity contribution in [2.75, 3.05) is 19.7 Å². The van der Waals surface area contributed by atoms with Crippen LogP contribution in [0.1, 0.15) is 36.8 Å². The van der Waals surface area contributed by atoms with E-state index < -0.39 is 16.0 Å². The molecule has 8 heteroatoms. The van der Waals surface area contributed by atoms with Gasteiger partial charge in [-0.1, -0.05) is 48.9 Å². The summed E-state index contributed by atoms with van der Waals surface area (Å²) in [5.74, 6) is -0.829. The van der Waals surface area contributed by atoms with Crippen LogP contribution in [0.25, 0.3) is 0 Å². The number of aryl methyl sites for hydroxylation is 1. The molecule has 0 radical (unpaired) electrons. The average molecular weight is 445 g/mol. The van der Waals surface area contributed by atoms with Crippen molar-refractivity contribution < 1.29 is 22.7 Å². The van der Waals surface area contributed by atoms with Gasteiger partial charge >= 0.3 is 5.97 Å². The third kappa shape index (κ3) is 6.90. The molecule has 1 fully saturated rings. The van der Waals surface area contributed by atoms with Crippen LogP contribution in [0, 0.1) is 0 Å². The van der Waals surface area contributed by atoms with Crippen molar-refractivity contribution in [3.05, 3.63) is 65.7 Å². The molecule has 1 amide bonds. The highest BCUT2D eigenvalue weighted by Gasteiger charge is 2.25. The minimum atomic E-state index is -3.46. The molecule has 1 heterocycles. The molecule has 3 rings (SSSR count). The van der Waals surface area contributed by atoms with Gasteiger partial charge in [0.1, 0.15) is 0 Å². The number of hydrogen-bond acceptors (Lipinski definition) is 5. The number of carbonyl (C=O) groups is 2. The Balaban J connectivity index is 1.40. The fourth-order valence-electron chi connectivity index (χ4n) is 3.39. The highest BCUT2D eigenvalue weighted by Crippen LogP contribution is 2.21. The van der Waals surface area contributed by atoms with Gasteiger partial charge in [-0.05, 0) is 42.5 Å². The zero-order valence-electron chi connectivity index (χ0n) is 17.5. The summed E-state index contributed by atoms with van der Waals surface area (Å²) < 4.78 is 31.9. The number of carbonyl (C=O) groups excluding carboxylic acids is 2. The van der Waals surface area contributed by atoms with E-state index in [1.54, 1.807) is 24.3 Å². The van der Waals surface area contributed by atoms with Gasteiger partial charge in [-0.2, -0.15) is 4.31 Å². The summed E-state index contributed by atoms with van der Waals surface area (Å²) in [5.41, 5.74) is 1.80. The van der Waals surface area contributed by atoms with E-state index in [0.717, 1.165) is 30.4 Å². The first-order chi connectivity index (χ1) is 14.9. The predicted molar refractivity (Wildman–Crippen MR) is 117 cm³/mol. The highest BCUT2D eigenvalue weighted by atomic mass is 32.2. The first-order valence-electron chi connectivity index (χ1n) is 10.5. The van der Waals surface area contributed by atoms with E-state index in [2.05, 4.69) is 5.32 Å². The van der Waals surface area contributed by atoms with Crippen molar-refractivity contribution in [3.63, 3.8) is 0 Å². The number of benzene rings is 2. The number of sulfonamides is 1. The van der Waals surface area contributed by atoms with Crippen molar-refractivity contribution in [2.24, 2.45) is 0 Å². The second-order valence-corrected chi connectivity index (χ2v) is 9.47. The lowest BCUT2D eigenvalue weighted by Crippen LogP contribution is -2.35. The van der Waals surface area contributed by atoms with Gasteiger partial charge in [0, 0.05) is 26.1 Å². The summed E-state index contributed by atoms with van der Waals surface area (Å²) in [5, 5.41) is 2.70. The first kappa shape index (κ1) is 23.0. The smallest absolute Gasteiger partial charge is 0.306 e. The fourth-order valence-corrected chi connectivity index (χ4v) is 4.91. The molecule has 0 saturated carbocycles. The summed E-state index contributed by atoms with van der Waals surface area (Å²) in [7, 11) is -3.46. The van der Waals surface area contributed by atoms with Crippen LogP contribution in [0.3, 0.4) is 0 Å². The van der Waals surface area contributed by atoms with E-state index in [4.69, 9.17) is 4.74 Å². The van der Waals surface area contributed by atoms with E-state index in [0.29, 0.717) is 26.1 Å². The van der Waals surface area contributed by atoms with Gasteiger partial charge in [0.25, 0.3) is 5.91 Å². The third-order valence-electron chi connectivity index (χ3n) is 5.19. The highest BCUT2D eigenvalue weighted by molar-refractivity contribution is 7.89. The Morgan fingerprint density at radius 2 is 1.58 bits per heavy atom. The Bertz CT molecular complexity index is 969. The Hall–Kier alpha value is -2.71. The largest absolute Gasteiger partial charge is 0.456 e. The lowest BCUT2D eigenvalue weighted by Gasteiger charge is -2.25. The molecule has 0 aliphatic carbocycles. The maximum atomic E-state index is 12.7. The Morgan fingerprint density at radius 1 is 0.903 bits per heavy atom. The number of nitrogens with one attached hydrogen (secondary N) is 1. The van der Waals surface area contributed by atoms with Gasteiger partial charge < -0.3 is 10.1 Å². The van der Waals surface area contributed by atoms with E-state index in [-0.39, 0.29) is 23.8 Å². The summed E-state index contributed by atoms with van der Waals surface area (Å²) in [6, 6.07) is 16.1. The maximum absolute atomic E-state index is 12.7. The minimum Gasteiger partial charge on any atom is -0.456 e.